The lowest BCUT2D eigenvalue weighted by atomic mass is 9.92. The van der Waals surface area contributed by atoms with Gasteiger partial charge in [-0.2, -0.15) is 0 Å². The van der Waals surface area contributed by atoms with Crippen LogP contribution >= 0.6 is 0 Å². The first-order valence-electron chi connectivity index (χ1n) is 14.4. The number of oxime groups is 2. The molecule has 0 N–H and O–H groups in total. The Morgan fingerprint density at radius 3 is 1.83 bits per heavy atom. The normalized spacial score (nSPS) is 12.3. The molecule has 0 amide bonds. The van der Waals surface area contributed by atoms with E-state index < -0.39 is 11.9 Å². The van der Waals surface area contributed by atoms with Crippen LogP contribution in [0.2, 0.25) is 0 Å². The molecule has 0 fully saturated rings. The number of hydrogen-bond acceptors (Lipinski definition) is 6. The summed E-state index contributed by atoms with van der Waals surface area (Å²) >= 11 is 0. The van der Waals surface area contributed by atoms with Gasteiger partial charge in [-0.15, -0.1) is 0 Å². The maximum absolute atomic E-state index is 11.7. The summed E-state index contributed by atoms with van der Waals surface area (Å²) in [6.07, 6.45) is 7.13. The molecule has 0 aliphatic carbocycles. The molecule has 0 aliphatic heterocycles. The molecule has 7 heteroatoms. The minimum absolute atomic E-state index is 0.442. The van der Waals surface area contributed by atoms with Crippen molar-refractivity contribution < 1.29 is 19.3 Å². The summed E-state index contributed by atoms with van der Waals surface area (Å²) < 4.78 is 2.22. The van der Waals surface area contributed by atoms with Gasteiger partial charge in [0.15, 0.2) is 0 Å². The van der Waals surface area contributed by atoms with Crippen LogP contribution in [0.1, 0.15) is 70.9 Å². The van der Waals surface area contributed by atoms with Crippen molar-refractivity contribution in [1.29, 1.82) is 0 Å². The lowest BCUT2D eigenvalue weighted by Gasteiger charge is -2.18. The van der Waals surface area contributed by atoms with Gasteiger partial charge in [0, 0.05) is 47.3 Å². The summed E-state index contributed by atoms with van der Waals surface area (Å²) in [5.74, 6) is -0.907. The van der Waals surface area contributed by atoms with Crippen LogP contribution in [0.15, 0.2) is 89.3 Å². The Morgan fingerprint density at radius 2 is 1.24 bits per heavy atom. The van der Waals surface area contributed by atoms with E-state index in [0.717, 1.165) is 80.7 Å². The second-order valence-corrected chi connectivity index (χ2v) is 10.4. The predicted octanol–water partition coefficient (Wildman–Crippen LogP) is 8.46. The predicted molar refractivity (Wildman–Crippen MR) is 169 cm³/mol. The molecule has 7 nitrogen and oxygen atoms in total. The highest BCUT2D eigenvalue weighted by molar-refractivity contribution is 6.24. The van der Waals surface area contributed by atoms with Gasteiger partial charge in [-0.05, 0) is 36.6 Å². The summed E-state index contributed by atoms with van der Waals surface area (Å²) in [5.41, 5.74) is 5.26. The molecule has 4 aromatic carbocycles. The molecule has 1 aromatic heterocycles. The average Bonchev–Trinajstić information content (AvgIpc) is 3.37. The molecule has 0 radical (unpaired) electrons. The number of hydrogen-bond donors (Lipinski definition) is 0. The molecule has 0 unspecified atom stereocenters. The molecule has 5 rings (SSSR count). The zero-order valence-corrected chi connectivity index (χ0v) is 24.5. The fourth-order valence-electron chi connectivity index (χ4n) is 5.60. The quantitative estimate of drug-likeness (QED) is 0.0563. The molecular weight excluding hydrogens is 526 g/mol. The minimum atomic E-state index is -0.466. The van der Waals surface area contributed by atoms with E-state index >= 15 is 0 Å². The van der Waals surface area contributed by atoms with E-state index in [2.05, 4.69) is 64.4 Å². The summed E-state index contributed by atoms with van der Waals surface area (Å²) in [7, 11) is 0. The average molecular weight is 562 g/mol. The standard InChI is InChI=1S/C35H35N3O4/c1-5-6-7-8-20-32(37-42-25(4)40)31-22-38(33-21-14-13-15-26(31)33)35-29-18-11-9-16-27(29)34(23(2)36-41-24(3)39)28-17-10-12-19-30(28)35/h9-19,21-22H,5-8,20H2,1-4H3/b36-23+,37-32+. The van der Waals surface area contributed by atoms with E-state index in [9.17, 15) is 9.59 Å². The van der Waals surface area contributed by atoms with Crippen molar-refractivity contribution in [2.75, 3.05) is 0 Å². The summed E-state index contributed by atoms with van der Waals surface area (Å²) in [5, 5.41) is 13.6. The lowest BCUT2D eigenvalue weighted by Crippen LogP contribution is -2.05. The van der Waals surface area contributed by atoms with Gasteiger partial charge >= 0.3 is 11.9 Å². The van der Waals surface area contributed by atoms with Crippen molar-refractivity contribution in [2.45, 2.75) is 59.8 Å². The van der Waals surface area contributed by atoms with Crippen molar-refractivity contribution in [3.63, 3.8) is 0 Å². The molecule has 0 atom stereocenters. The SMILES string of the molecule is CCCCCC/C(=N\OC(C)=O)c1cn(-c2c3ccccc3c(/C(C)=N/OC(C)=O)c3ccccc23)c2ccccc12. The van der Waals surface area contributed by atoms with Crippen LogP contribution in [0.5, 0.6) is 0 Å². The number of benzene rings is 4. The van der Waals surface area contributed by atoms with Gasteiger partial charge in [-0.1, -0.05) is 103 Å². The van der Waals surface area contributed by atoms with Gasteiger partial charge in [-0.25, -0.2) is 9.59 Å². The first-order chi connectivity index (χ1) is 20.4. The summed E-state index contributed by atoms with van der Waals surface area (Å²) in [6, 6.07) is 24.6. The van der Waals surface area contributed by atoms with E-state index in [4.69, 9.17) is 9.68 Å². The van der Waals surface area contributed by atoms with E-state index in [1.165, 1.54) is 13.8 Å². The van der Waals surface area contributed by atoms with E-state index in [-0.39, 0.29) is 0 Å². The van der Waals surface area contributed by atoms with Crippen LogP contribution in [0, 0.1) is 0 Å². The van der Waals surface area contributed by atoms with Crippen LogP contribution in [0.25, 0.3) is 38.1 Å². The van der Waals surface area contributed by atoms with Crippen LogP contribution in [0.3, 0.4) is 0 Å². The molecule has 0 spiro atoms. The van der Waals surface area contributed by atoms with E-state index in [1.807, 2.05) is 43.3 Å². The van der Waals surface area contributed by atoms with E-state index in [0.29, 0.717) is 12.1 Å². The van der Waals surface area contributed by atoms with Crippen LogP contribution in [-0.2, 0) is 19.3 Å². The smallest absolute Gasteiger partial charge is 0.318 e. The minimum Gasteiger partial charge on any atom is -0.318 e. The van der Waals surface area contributed by atoms with E-state index in [1.54, 1.807) is 0 Å². The van der Waals surface area contributed by atoms with Crippen molar-refractivity contribution >= 4 is 55.8 Å². The van der Waals surface area contributed by atoms with Crippen LogP contribution < -0.4 is 0 Å². The molecular formula is C35H35N3O4. The molecule has 0 aliphatic rings. The highest BCUT2D eigenvalue weighted by Gasteiger charge is 2.21. The third-order valence-electron chi connectivity index (χ3n) is 7.39. The van der Waals surface area contributed by atoms with Crippen molar-refractivity contribution in [3.05, 3.63) is 90.1 Å². The molecule has 0 saturated heterocycles. The summed E-state index contributed by atoms with van der Waals surface area (Å²) in [4.78, 5) is 33.5. The molecule has 214 valence electrons. The highest BCUT2D eigenvalue weighted by atomic mass is 16.7. The Hall–Kier alpha value is -4.78. The second kappa shape index (κ2) is 12.8. The van der Waals surface area contributed by atoms with Crippen LogP contribution in [-0.4, -0.2) is 27.9 Å². The Kier molecular flexibility index (Phi) is 8.77. The number of unbranched alkanes of at least 4 members (excludes halogenated alkanes) is 3. The Bertz CT molecular complexity index is 1790. The molecule has 5 aromatic rings. The lowest BCUT2D eigenvalue weighted by molar-refractivity contribution is -0.141. The van der Waals surface area contributed by atoms with Gasteiger partial charge < -0.3 is 14.2 Å². The van der Waals surface area contributed by atoms with Crippen molar-refractivity contribution in [3.8, 4) is 5.69 Å². The van der Waals surface area contributed by atoms with Crippen LogP contribution in [0.4, 0.5) is 0 Å². The molecule has 0 saturated carbocycles. The number of para-hydroxylation sites is 1. The Balaban J connectivity index is 1.79. The van der Waals surface area contributed by atoms with Gasteiger partial charge in [0.05, 0.1) is 22.6 Å². The Labute approximate surface area is 245 Å². The first kappa shape index (κ1) is 28.7. The van der Waals surface area contributed by atoms with Gasteiger partial charge in [0.1, 0.15) is 0 Å². The fourth-order valence-corrected chi connectivity index (χ4v) is 5.60. The van der Waals surface area contributed by atoms with Crippen molar-refractivity contribution in [2.24, 2.45) is 10.3 Å². The second-order valence-electron chi connectivity index (χ2n) is 10.4. The maximum atomic E-state index is 11.7. The molecule has 1 heterocycles. The van der Waals surface area contributed by atoms with Gasteiger partial charge in [0.2, 0.25) is 0 Å². The number of carbonyl (C=O) groups excluding carboxylic acids is 2. The maximum Gasteiger partial charge on any atom is 0.331 e. The fraction of sp³-hybridized carbons (Fsp3) is 0.257. The number of fused-ring (bicyclic) bond motifs is 3. The third-order valence-corrected chi connectivity index (χ3v) is 7.39. The first-order valence-corrected chi connectivity index (χ1v) is 14.4. The molecule has 42 heavy (non-hydrogen) atoms. The summed E-state index contributed by atoms with van der Waals surface area (Å²) in [6.45, 7) is 6.75. The van der Waals surface area contributed by atoms with Gasteiger partial charge in [-0.3, -0.25) is 0 Å². The zero-order chi connectivity index (χ0) is 29.6. The molecule has 0 bridgehead atoms. The number of carbonyl (C=O) groups is 2. The largest absolute Gasteiger partial charge is 0.331 e. The van der Waals surface area contributed by atoms with Crippen molar-refractivity contribution in [1.82, 2.24) is 4.57 Å². The topological polar surface area (TPSA) is 82.2 Å². The number of rotatable bonds is 10. The number of nitrogens with zero attached hydrogens (tertiary/aromatic N) is 3. The monoisotopic (exact) mass is 561 g/mol. The Morgan fingerprint density at radius 1 is 0.690 bits per heavy atom. The highest BCUT2D eigenvalue weighted by Crippen LogP contribution is 2.38. The zero-order valence-electron chi connectivity index (χ0n) is 24.5. The number of aromatic nitrogens is 1. The third kappa shape index (κ3) is 5.81. The van der Waals surface area contributed by atoms with Gasteiger partial charge in [0.25, 0.3) is 0 Å².